The van der Waals surface area contributed by atoms with Gasteiger partial charge in [-0.15, -0.1) is 24.8 Å². The third-order valence-electron chi connectivity index (χ3n) is 5.02. The topological polar surface area (TPSA) is 37.6 Å². The minimum atomic E-state index is 0. The van der Waals surface area contributed by atoms with Crippen molar-refractivity contribution in [3.05, 3.63) is 82.0 Å². The van der Waals surface area contributed by atoms with Crippen molar-refractivity contribution in [2.75, 3.05) is 0 Å². The molecule has 0 fully saturated rings. The second-order valence-corrected chi connectivity index (χ2v) is 7.96. The molecule has 3 nitrogen and oxygen atoms in total. The largest absolute Gasteiger partial charge is 0.147 e. The maximum Gasteiger partial charge on any atom is -0.147 e. The number of hydrogen-bond donors (Lipinski definition) is 0. The zero-order chi connectivity index (χ0) is 21.1. The summed E-state index contributed by atoms with van der Waals surface area (Å²) < 4.78 is 0.722. The molecule has 1 aromatic heterocycles. The number of aromatic nitrogens is 1. The fourth-order valence-corrected chi connectivity index (χ4v) is 3.63. The van der Waals surface area contributed by atoms with Crippen LogP contribution in [0.15, 0.2) is 58.5 Å². The van der Waals surface area contributed by atoms with E-state index >= 15 is 0 Å². The Morgan fingerprint density at radius 3 is 1.55 bits per heavy atom. The van der Waals surface area contributed by atoms with Crippen LogP contribution in [0.3, 0.4) is 0 Å². The second-order valence-electron chi connectivity index (χ2n) is 7.39. The van der Waals surface area contributed by atoms with Crippen LogP contribution >= 0.6 is 24.8 Å². The van der Waals surface area contributed by atoms with Crippen LogP contribution in [0.2, 0.25) is 0 Å². The van der Waals surface area contributed by atoms with Crippen molar-refractivity contribution in [3.8, 4) is 0 Å². The Hall–Kier alpha value is -1.97. The predicted octanol–water partition coefficient (Wildman–Crippen LogP) is 6.61. The summed E-state index contributed by atoms with van der Waals surface area (Å²) in [6.45, 7) is 12.4. The molecule has 0 saturated heterocycles. The van der Waals surface area contributed by atoms with E-state index < -0.39 is 0 Å². The van der Waals surface area contributed by atoms with Gasteiger partial charge in [-0.05, 0) is 0 Å². The number of pyridine rings is 1. The van der Waals surface area contributed by atoms with Gasteiger partial charge >= 0.3 is 182 Å². The summed E-state index contributed by atoms with van der Waals surface area (Å²) in [7, 11) is 0. The average molecular weight is 497 g/mol. The molecule has 3 aromatic rings. The summed E-state index contributed by atoms with van der Waals surface area (Å²) in [5, 5.41) is 0. The molecule has 0 spiro atoms. The molecule has 0 unspecified atom stereocenters. The Morgan fingerprint density at radius 1 is 0.677 bits per heavy atom. The van der Waals surface area contributed by atoms with Gasteiger partial charge in [0.15, 0.2) is 0 Å². The van der Waals surface area contributed by atoms with E-state index in [1.807, 2.05) is 26.0 Å². The zero-order valence-electron chi connectivity index (χ0n) is 18.6. The quantitative estimate of drug-likeness (QED) is 0.295. The Kier molecular flexibility index (Phi) is 10.1. The molecule has 0 amide bonds. The monoisotopic (exact) mass is 496 g/mol. The van der Waals surface area contributed by atoms with E-state index in [2.05, 4.69) is 80.1 Å². The van der Waals surface area contributed by atoms with Gasteiger partial charge in [-0.3, -0.25) is 0 Å². The first-order chi connectivity index (χ1) is 13.8. The van der Waals surface area contributed by atoms with Gasteiger partial charge in [0.05, 0.1) is 0 Å². The van der Waals surface area contributed by atoms with Crippen molar-refractivity contribution in [1.82, 2.24) is 4.98 Å². The molecule has 0 aliphatic heterocycles. The third-order valence-corrected chi connectivity index (χ3v) is 5.33. The fraction of sp³-hybridized carbons (Fsp3) is 0.240. The van der Waals surface area contributed by atoms with Crippen LogP contribution < -0.4 is 4.59 Å². The van der Waals surface area contributed by atoms with E-state index in [0.717, 1.165) is 60.9 Å². The maximum atomic E-state index is 4.94. The van der Waals surface area contributed by atoms with Crippen molar-refractivity contribution in [2.24, 2.45) is 9.98 Å². The number of rotatable bonds is 4. The molecule has 3 rings (SSSR count). The third kappa shape index (κ3) is 6.27. The molecule has 0 aliphatic rings. The number of hydrogen-bond acceptors (Lipinski definition) is 3. The molecule has 0 bridgehead atoms. The molecular weight excluding hydrogens is 469 g/mol. The molecule has 6 heteroatoms. The van der Waals surface area contributed by atoms with E-state index in [-0.39, 0.29) is 24.8 Å². The Balaban J connectivity index is 0.00000240. The van der Waals surface area contributed by atoms with Crippen molar-refractivity contribution in [2.45, 2.75) is 41.5 Å². The summed E-state index contributed by atoms with van der Waals surface area (Å²) in [5.41, 5.74) is 10.2. The summed E-state index contributed by atoms with van der Waals surface area (Å²) in [6.07, 6.45) is 0. The molecule has 1 heterocycles. The fourth-order valence-electron chi connectivity index (χ4n) is 3.41. The Morgan fingerprint density at radius 2 is 1.10 bits per heavy atom. The van der Waals surface area contributed by atoms with E-state index in [9.17, 15) is 0 Å². The molecule has 2 aromatic carbocycles. The maximum absolute atomic E-state index is 4.94. The summed E-state index contributed by atoms with van der Waals surface area (Å²) in [5.74, 6) is 0. The van der Waals surface area contributed by atoms with Crippen molar-refractivity contribution >= 4 is 52.2 Å². The zero-order valence-corrected chi connectivity index (χ0v) is 21.4. The van der Waals surface area contributed by atoms with Gasteiger partial charge in [-0.25, -0.2) is 0 Å². The molecule has 31 heavy (non-hydrogen) atoms. The summed E-state index contributed by atoms with van der Waals surface area (Å²) in [4.78, 5) is 14.6. The number of para-hydroxylation sites is 2. The average Bonchev–Trinajstić information content (AvgIpc) is 2.67. The van der Waals surface area contributed by atoms with Gasteiger partial charge in [0.25, 0.3) is 0 Å². The van der Waals surface area contributed by atoms with Crippen LogP contribution in [-0.4, -0.2) is 16.4 Å². The molecule has 0 saturated carbocycles. The first kappa shape index (κ1) is 27.1. The van der Waals surface area contributed by atoms with Crippen molar-refractivity contribution < 1.29 is 16.0 Å². The first-order valence-corrected chi connectivity index (χ1v) is 10.2. The number of halogens is 2. The van der Waals surface area contributed by atoms with Crippen molar-refractivity contribution in [3.63, 3.8) is 0 Å². The van der Waals surface area contributed by atoms with Crippen LogP contribution in [0.4, 0.5) is 11.4 Å². The normalized spacial score (nSPS) is 11.6. The smallest absolute Gasteiger partial charge is 0.147 e. The number of aliphatic imine (C=N–C) groups is 2. The van der Waals surface area contributed by atoms with Gasteiger partial charge < -0.3 is 0 Å². The van der Waals surface area contributed by atoms with Gasteiger partial charge in [-0.2, -0.15) is 0 Å². The summed E-state index contributed by atoms with van der Waals surface area (Å²) in [6, 6.07) is 16.4. The molecule has 0 radical (unpaired) electrons. The standard InChI is InChI=1S/C25H26N3.2ClH.Fe/c1-16-10-7-11-17(2)23(16)27-20(5)22-14-9-15-26-25(22)21(6)28-24-18(3)12-8-13-19(24)4;;;/h7-14H,1-6H3;2*1H;. The van der Waals surface area contributed by atoms with Crippen LogP contribution in [-0.2, 0) is 16.0 Å². The minimum absolute atomic E-state index is 0. The van der Waals surface area contributed by atoms with Gasteiger partial charge in [0.2, 0.25) is 0 Å². The SMILES string of the molecule is CC(=Nc1c(C)cccc1C)c1cc[c]([Fe])nc1C(C)=Nc1c(C)cccc1C.Cl.Cl. The van der Waals surface area contributed by atoms with Gasteiger partial charge in [-0.1, -0.05) is 0 Å². The van der Waals surface area contributed by atoms with Crippen LogP contribution in [0, 0.1) is 27.7 Å². The van der Waals surface area contributed by atoms with E-state index in [1.165, 1.54) is 0 Å². The molecular formula is C25H28Cl2FeN3. The number of benzene rings is 2. The van der Waals surface area contributed by atoms with Gasteiger partial charge in [0.1, 0.15) is 0 Å². The van der Waals surface area contributed by atoms with E-state index in [4.69, 9.17) is 15.0 Å². The van der Waals surface area contributed by atoms with Crippen LogP contribution in [0.5, 0.6) is 0 Å². The van der Waals surface area contributed by atoms with Gasteiger partial charge in [0, 0.05) is 0 Å². The number of aryl methyl sites for hydroxylation is 4. The van der Waals surface area contributed by atoms with E-state index in [1.54, 1.807) is 0 Å². The van der Waals surface area contributed by atoms with Crippen LogP contribution in [0.25, 0.3) is 0 Å². The predicted molar refractivity (Wildman–Crippen MR) is 134 cm³/mol. The Bertz CT molecular complexity index is 1100. The number of nitrogens with zero attached hydrogens (tertiary/aromatic N) is 3. The first-order valence-electron chi connectivity index (χ1n) is 9.67. The second kappa shape index (κ2) is 11.6. The molecule has 0 aliphatic carbocycles. The molecule has 165 valence electrons. The van der Waals surface area contributed by atoms with Crippen molar-refractivity contribution in [1.29, 1.82) is 0 Å². The minimum Gasteiger partial charge on any atom is -0.147 e. The molecule has 0 atom stereocenters. The summed E-state index contributed by atoms with van der Waals surface area (Å²) >= 11 is 4.01. The van der Waals surface area contributed by atoms with E-state index in [0.29, 0.717) is 0 Å². The van der Waals surface area contributed by atoms with Crippen LogP contribution in [0.1, 0.15) is 47.4 Å². The Labute approximate surface area is 206 Å². The molecule has 0 N–H and O–H groups in total.